The second-order valence-corrected chi connectivity index (χ2v) is 5.10. The van der Waals surface area contributed by atoms with Crippen molar-refractivity contribution in [2.45, 2.75) is 6.61 Å². The van der Waals surface area contributed by atoms with E-state index in [2.05, 4.69) is 20.7 Å². The van der Waals surface area contributed by atoms with Crippen LogP contribution in [0, 0.1) is 0 Å². The van der Waals surface area contributed by atoms with E-state index >= 15 is 0 Å². The first-order valence-electron chi connectivity index (χ1n) is 4.90. The third-order valence-electron chi connectivity index (χ3n) is 2.14. The van der Waals surface area contributed by atoms with Crippen LogP contribution in [0.3, 0.4) is 0 Å². The van der Waals surface area contributed by atoms with E-state index < -0.39 is 6.61 Å². The molecule has 0 saturated heterocycles. The number of benzene rings is 1. The van der Waals surface area contributed by atoms with Gasteiger partial charge in [0, 0.05) is 10.0 Å². The lowest BCUT2D eigenvalue weighted by Crippen LogP contribution is -2.04. The number of carbonyl (C=O) groups is 1. The summed E-state index contributed by atoms with van der Waals surface area (Å²) >= 11 is 4.55. The minimum absolute atomic E-state index is 0.0245. The highest BCUT2D eigenvalue weighted by Gasteiger charge is 2.15. The number of alkyl halides is 2. The molecule has 0 amide bonds. The van der Waals surface area contributed by atoms with E-state index in [4.69, 9.17) is 0 Å². The average molecular weight is 333 g/mol. The van der Waals surface area contributed by atoms with Gasteiger partial charge in [0.15, 0.2) is 0 Å². The maximum Gasteiger partial charge on any atom is 0.387 e. The standard InChI is InChI=1S/C12H7BrF2O2S/c13-9-4-5-18-11(9)10(16)7-2-1-3-8(6-7)17-12(14)15/h1-6,12H. The molecule has 1 aromatic heterocycles. The van der Waals surface area contributed by atoms with Crippen molar-refractivity contribution in [2.75, 3.05) is 0 Å². The largest absolute Gasteiger partial charge is 0.435 e. The SMILES string of the molecule is O=C(c1cccc(OC(F)F)c1)c1sccc1Br. The molecule has 0 N–H and O–H groups in total. The summed E-state index contributed by atoms with van der Waals surface area (Å²) < 4.78 is 29.1. The van der Waals surface area contributed by atoms with Crippen LogP contribution in [0.15, 0.2) is 40.2 Å². The van der Waals surface area contributed by atoms with Gasteiger partial charge >= 0.3 is 6.61 Å². The van der Waals surface area contributed by atoms with Gasteiger partial charge in [0.2, 0.25) is 5.78 Å². The summed E-state index contributed by atoms with van der Waals surface area (Å²) in [5, 5.41) is 1.77. The quantitative estimate of drug-likeness (QED) is 0.778. The van der Waals surface area contributed by atoms with Gasteiger partial charge in [0.25, 0.3) is 0 Å². The Bertz CT molecular complexity index is 569. The molecule has 0 aliphatic heterocycles. The normalized spacial score (nSPS) is 10.7. The lowest BCUT2D eigenvalue weighted by molar-refractivity contribution is -0.0498. The molecule has 0 fully saturated rings. The van der Waals surface area contributed by atoms with Crippen LogP contribution < -0.4 is 4.74 Å². The van der Waals surface area contributed by atoms with Crippen LogP contribution in [0.1, 0.15) is 15.2 Å². The number of ether oxygens (including phenoxy) is 1. The van der Waals surface area contributed by atoms with Gasteiger partial charge in [-0.3, -0.25) is 4.79 Å². The lowest BCUT2D eigenvalue weighted by atomic mass is 10.1. The van der Waals surface area contributed by atoms with Gasteiger partial charge in [0.05, 0.1) is 4.88 Å². The van der Waals surface area contributed by atoms with Crippen molar-refractivity contribution in [3.05, 3.63) is 50.6 Å². The molecule has 2 nitrogen and oxygen atoms in total. The molecule has 6 heteroatoms. The predicted octanol–water partition coefficient (Wildman–Crippen LogP) is 4.34. The molecular formula is C12H7BrF2O2S. The molecule has 0 radical (unpaired) electrons. The molecule has 2 aromatic rings. The Kier molecular flexibility index (Phi) is 4.08. The van der Waals surface area contributed by atoms with Gasteiger partial charge in [-0.15, -0.1) is 11.3 Å². The van der Waals surface area contributed by atoms with Crippen molar-refractivity contribution in [3.8, 4) is 5.75 Å². The van der Waals surface area contributed by atoms with E-state index in [0.29, 0.717) is 14.9 Å². The van der Waals surface area contributed by atoms with Gasteiger partial charge in [-0.1, -0.05) is 12.1 Å². The van der Waals surface area contributed by atoms with Crippen LogP contribution in [-0.4, -0.2) is 12.4 Å². The van der Waals surface area contributed by atoms with Crippen molar-refractivity contribution in [2.24, 2.45) is 0 Å². The summed E-state index contributed by atoms with van der Waals surface area (Å²) in [6.07, 6.45) is 0. The molecule has 0 spiro atoms. The highest BCUT2D eigenvalue weighted by atomic mass is 79.9. The van der Waals surface area contributed by atoms with Crippen molar-refractivity contribution >= 4 is 33.0 Å². The smallest absolute Gasteiger partial charge is 0.387 e. The van der Waals surface area contributed by atoms with E-state index in [1.165, 1.54) is 29.5 Å². The minimum Gasteiger partial charge on any atom is -0.435 e. The van der Waals surface area contributed by atoms with Gasteiger partial charge < -0.3 is 4.74 Å². The molecule has 0 aliphatic rings. The zero-order chi connectivity index (χ0) is 13.1. The molecule has 1 heterocycles. The molecular weight excluding hydrogens is 326 g/mol. The van der Waals surface area contributed by atoms with Crippen molar-refractivity contribution in [3.63, 3.8) is 0 Å². The van der Waals surface area contributed by atoms with Crippen LogP contribution >= 0.6 is 27.3 Å². The van der Waals surface area contributed by atoms with Gasteiger partial charge in [0.1, 0.15) is 5.75 Å². The summed E-state index contributed by atoms with van der Waals surface area (Å²) in [6, 6.07) is 7.52. The Hall–Kier alpha value is -1.27. The topological polar surface area (TPSA) is 26.3 Å². The van der Waals surface area contributed by atoms with Crippen molar-refractivity contribution in [1.82, 2.24) is 0 Å². The summed E-state index contributed by atoms with van der Waals surface area (Å²) in [6.45, 7) is -2.90. The number of carbonyl (C=O) groups excluding carboxylic acids is 1. The van der Waals surface area contributed by atoms with Gasteiger partial charge in [-0.2, -0.15) is 8.78 Å². The molecule has 0 atom stereocenters. The van der Waals surface area contributed by atoms with E-state index in [-0.39, 0.29) is 11.5 Å². The fourth-order valence-electron chi connectivity index (χ4n) is 1.40. The third kappa shape index (κ3) is 2.94. The average Bonchev–Trinajstić information content (AvgIpc) is 2.74. The number of thiophene rings is 1. The molecule has 1 aromatic carbocycles. The minimum atomic E-state index is -2.90. The van der Waals surface area contributed by atoms with Crippen molar-refractivity contribution < 1.29 is 18.3 Å². The monoisotopic (exact) mass is 332 g/mol. The third-order valence-corrected chi connectivity index (χ3v) is 3.98. The fourth-order valence-corrected chi connectivity index (χ4v) is 2.91. The Morgan fingerprint density at radius 2 is 2.11 bits per heavy atom. The van der Waals surface area contributed by atoms with E-state index in [9.17, 15) is 13.6 Å². The zero-order valence-electron chi connectivity index (χ0n) is 8.90. The molecule has 18 heavy (non-hydrogen) atoms. The Labute approximate surface area is 114 Å². The first-order chi connectivity index (χ1) is 8.58. The summed E-state index contributed by atoms with van der Waals surface area (Å²) in [7, 11) is 0. The Morgan fingerprint density at radius 3 is 2.72 bits per heavy atom. The number of halogens is 3. The first kappa shape index (κ1) is 13.2. The second-order valence-electron chi connectivity index (χ2n) is 3.33. The predicted molar refractivity (Wildman–Crippen MR) is 68.5 cm³/mol. The molecule has 2 rings (SSSR count). The summed E-state index contributed by atoms with van der Waals surface area (Å²) in [5.41, 5.74) is 0.316. The molecule has 94 valence electrons. The first-order valence-corrected chi connectivity index (χ1v) is 6.58. The molecule has 0 bridgehead atoms. The fraction of sp³-hybridized carbons (Fsp3) is 0.0833. The number of hydrogen-bond acceptors (Lipinski definition) is 3. The van der Waals surface area contributed by atoms with Crippen LogP contribution in [0.2, 0.25) is 0 Å². The van der Waals surface area contributed by atoms with E-state index in [1.54, 1.807) is 17.5 Å². The maximum atomic E-state index is 12.1. The Balaban J connectivity index is 2.29. The second kappa shape index (κ2) is 5.58. The van der Waals surface area contributed by atoms with Crippen molar-refractivity contribution in [1.29, 1.82) is 0 Å². The highest BCUT2D eigenvalue weighted by molar-refractivity contribution is 9.10. The Morgan fingerprint density at radius 1 is 1.33 bits per heavy atom. The molecule has 0 saturated carbocycles. The van der Waals surface area contributed by atoms with E-state index in [0.717, 1.165) is 0 Å². The molecule has 0 aliphatic carbocycles. The van der Waals surface area contributed by atoms with Crippen LogP contribution in [0.5, 0.6) is 5.75 Å². The number of hydrogen-bond donors (Lipinski definition) is 0. The lowest BCUT2D eigenvalue weighted by Gasteiger charge is -2.05. The maximum absolute atomic E-state index is 12.1. The van der Waals surface area contributed by atoms with Crippen LogP contribution in [-0.2, 0) is 0 Å². The van der Waals surface area contributed by atoms with Crippen LogP contribution in [0.4, 0.5) is 8.78 Å². The zero-order valence-corrected chi connectivity index (χ0v) is 11.3. The highest BCUT2D eigenvalue weighted by Crippen LogP contribution is 2.26. The van der Waals surface area contributed by atoms with E-state index in [1.807, 2.05) is 0 Å². The van der Waals surface area contributed by atoms with Crippen LogP contribution in [0.25, 0.3) is 0 Å². The number of ketones is 1. The van der Waals surface area contributed by atoms with Gasteiger partial charge in [-0.05, 0) is 39.5 Å². The summed E-state index contributed by atoms with van der Waals surface area (Å²) in [5.74, 6) is -0.250. The molecule has 0 unspecified atom stereocenters. The summed E-state index contributed by atoms with van der Waals surface area (Å²) in [4.78, 5) is 12.6. The number of rotatable bonds is 4. The van der Waals surface area contributed by atoms with Gasteiger partial charge in [-0.25, -0.2) is 0 Å².